The molecule has 1 aromatic carbocycles. The zero-order chi connectivity index (χ0) is 19.3. The van der Waals surface area contributed by atoms with E-state index in [1.807, 2.05) is 18.2 Å². The summed E-state index contributed by atoms with van der Waals surface area (Å²) in [6.45, 7) is 0.510. The maximum absolute atomic E-state index is 12.4. The van der Waals surface area contributed by atoms with Gasteiger partial charge in [0.1, 0.15) is 0 Å². The van der Waals surface area contributed by atoms with Crippen LogP contribution in [0.3, 0.4) is 0 Å². The normalized spacial score (nSPS) is 11.9. The third-order valence-corrected chi connectivity index (χ3v) is 4.75. The molecule has 0 saturated carbocycles. The summed E-state index contributed by atoms with van der Waals surface area (Å²) in [4.78, 5) is 32.9. The van der Waals surface area contributed by atoms with Crippen molar-refractivity contribution in [3.8, 4) is 11.5 Å². The van der Waals surface area contributed by atoms with Crippen molar-refractivity contribution in [2.75, 3.05) is 12.1 Å². The van der Waals surface area contributed by atoms with E-state index in [2.05, 4.69) is 20.6 Å². The van der Waals surface area contributed by atoms with Crippen LogP contribution in [0.15, 0.2) is 48.0 Å². The minimum absolute atomic E-state index is 0.128. The molecular weight excluding hydrogens is 380 g/mol. The van der Waals surface area contributed by atoms with Gasteiger partial charge in [-0.05, 0) is 30.3 Å². The molecule has 2 aromatic heterocycles. The largest absolute Gasteiger partial charge is 0.454 e. The van der Waals surface area contributed by atoms with Crippen LogP contribution in [-0.2, 0) is 17.8 Å². The molecule has 4 rings (SSSR count). The van der Waals surface area contributed by atoms with Gasteiger partial charge >= 0.3 is 0 Å². The van der Waals surface area contributed by atoms with Crippen LogP contribution in [0, 0.1) is 0 Å². The number of fused-ring (bicyclic) bond motifs is 1. The summed E-state index contributed by atoms with van der Waals surface area (Å²) in [5.74, 6) is 0.685. The number of carbonyl (C=O) groups is 2. The van der Waals surface area contributed by atoms with Crippen LogP contribution >= 0.6 is 11.3 Å². The Bertz CT molecular complexity index is 1010. The van der Waals surface area contributed by atoms with E-state index >= 15 is 0 Å². The lowest BCUT2D eigenvalue weighted by Gasteiger charge is -2.04. The lowest BCUT2D eigenvalue weighted by Crippen LogP contribution is -2.25. The Hall–Kier alpha value is -3.46. The molecule has 1 aliphatic heterocycles. The Morgan fingerprint density at radius 1 is 1.11 bits per heavy atom. The van der Waals surface area contributed by atoms with E-state index < -0.39 is 0 Å². The van der Waals surface area contributed by atoms with E-state index in [1.165, 1.54) is 11.3 Å². The molecule has 0 fully saturated rings. The van der Waals surface area contributed by atoms with E-state index in [0.29, 0.717) is 34.4 Å². The number of pyridine rings is 1. The van der Waals surface area contributed by atoms with Crippen molar-refractivity contribution in [2.45, 2.75) is 13.0 Å². The van der Waals surface area contributed by atoms with Crippen molar-refractivity contribution in [2.24, 2.45) is 0 Å². The molecule has 0 saturated heterocycles. The van der Waals surface area contributed by atoms with E-state index in [9.17, 15) is 9.59 Å². The SMILES string of the molecule is O=C(Cc1csc(NC(=O)c2ccc3c(c2)OCO3)n1)NCc1ccccn1. The number of thiazole rings is 1. The molecule has 0 radical (unpaired) electrons. The number of ether oxygens (including phenoxy) is 2. The number of aromatic nitrogens is 2. The number of nitrogens with one attached hydrogen (secondary N) is 2. The van der Waals surface area contributed by atoms with Crippen molar-refractivity contribution < 1.29 is 19.1 Å². The Labute approximate surface area is 164 Å². The molecule has 0 aliphatic carbocycles. The van der Waals surface area contributed by atoms with Crippen LogP contribution in [0.1, 0.15) is 21.7 Å². The molecule has 3 heterocycles. The number of amides is 2. The molecule has 2 amide bonds. The van der Waals surface area contributed by atoms with Gasteiger partial charge in [-0.3, -0.25) is 19.9 Å². The molecular formula is C19H16N4O4S. The fourth-order valence-electron chi connectivity index (χ4n) is 2.57. The Balaban J connectivity index is 1.31. The molecule has 0 unspecified atom stereocenters. The van der Waals surface area contributed by atoms with Gasteiger partial charge in [-0.25, -0.2) is 4.98 Å². The van der Waals surface area contributed by atoms with Gasteiger partial charge in [-0.2, -0.15) is 0 Å². The van der Waals surface area contributed by atoms with E-state index in [-0.39, 0.29) is 25.0 Å². The quantitative estimate of drug-likeness (QED) is 0.663. The summed E-state index contributed by atoms with van der Waals surface area (Å²) in [6.07, 6.45) is 1.81. The first kappa shape index (κ1) is 17.9. The molecule has 8 nitrogen and oxygen atoms in total. The number of rotatable bonds is 6. The maximum atomic E-state index is 12.4. The summed E-state index contributed by atoms with van der Waals surface area (Å²) in [5, 5.41) is 7.70. The molecule has 1 aliphatic rings. The van der Waals surface area contributed by atoms with Crippen molar-refractivity contribution in [1.82, 2.24) is 15.3 Å². The summed E-state index contributed by atoms with van der Waals surface area (Å²) >= 11 is 1.26. The predicted molar refractivity (Wildman–Crippen MR) is 102 cm³/mol. The first-order valence-corrected chi connectivity index (χ1v) is 9.37. The van der Waals surface area contributed by atoms with Crippen LogP contribution in [0.2, 0.25) is 0 Å². The van der Waals surface area contributed by atoms with Gasteiger partial charge in [0.2, 0.25) is 12.7 Å². The molecule has 28 heavy (non-hydrogen) atoms. The second kappa shape index (κ2) is 8.05. The summed E-state index contributed by atoms with van der Waals surface area (Å²) < 4.78 is 10.5. The standard InChI is InChI=1S/C19H16N4O4S/c24-17(21-9-13-3-1-2-6-20-13)8-14-10-28-19(22-14)23-18(25)12-4-5-15-16(7-12)27-11-26-15/h1-7,10H,8-9,11H2,(H,21,24)(H,22,23,25). The third kappa shape index (κ3) is 4.26. The highest BCUT2D eigenvalue weighted by molar-refractivity contribution is 7.14. The Kier molecular flexibility index (Phi) is 5.16. The fourth-order valence-corrected chi connectivity index (χ4v) is 3.28. The van der Waals surface area contributed by atoms with Crippen LogP contribution in [0.5, 0.6) is 11.5 Å². The zero-order valence-corrected chi connectivity index (χ0v) is 15.5. The number of carbonyl (C=O) groups excluding carboxylic acids is 2. The van der Waals surface area contributed by atoms with Crippen LogP contribution in [0.4, 0.5) is 5.13 Å². The lowest BCUT2D eigenvalue weighted by molar-refractivity contribution is -0.120. The van der Waals surface area contributed by atoms with Gasteiger partial charge in [-0.1, -0.05) is 6.07 Å². The Morgan fingerprint density at radius 2 is 2.00 bits per heavy atom. The van der Waals surface area contributed by atoms with Crippen molar-refractivity contribution in [3.05, 3.63) is 64.9 Å². The highest BCUT2D eigenvalue weighted by Gasteiger charge is 2.17. The van der Waals surface area contributed by atoms with Gasteiger partial charge in [-0.15, -0.1) is 11.3 Å². The van der Waals surface area contributed by atoms with Gasteiger partial charge in [0.05, 0.1) is 24.4 Å². The van der Waals surface area contributed by atoms with Gasteiger partial charge in [0, 0.05) is 17.1 Å². The van der Waals surface area contributed by atoms with Gasteiger partial charge in [0.25, 0.3) is 5.91 Å². The summed E-state index contributed by atoms with van der Waals surface area (Å²) in [6, 6.07) is 10.5. The monoisotopic (exact) mass is 396 g/mol. The molecule has 0 spiro atoms. The smallest absolute Gasteiger partial charge is 0.257 e. The summed E-state index contributed by atoms with van der Waals surface area (Å²) in [7, 11) is 0. The second-order valence-electron chi connectivity index (χ2n) is 5.94. The van der Waals surface area contributed by atoms with Crippen LogP contribution < -0.4 is 20.1 Å². The first-order chi connectivity index (χ1) is 13.7. The van der Waals surface area contributed by atoms with Gasteiger partial charge < -0.3 is 14.8 Å². The maximum Gasteiger partial charge on any atom is 0.257 e. The van der Waals surface area contributed by atoms with Crippen LogP contribution in [0.25, 0.3) is 0 Å². The minimum atomic E-state index is -0.307. The van der Waals surface area contributed by atoms with Crippen LogP contribution in [-0.4, -0.2) is 28.6 Å². The molecule has 0 bridgehead atoms. The molecule has 0 atom stereocenters. The first-order valence-electron chi connectivity index (χ1n) is 8.49. The van der Waals surface area contributed by atoms with E-state index in [4.69, 9.17) is 9.47 Å². The average molecular weight is 396 g/mol. The lowest BCUT2D eigenvalue weighted by atomic mass is 10.2. The fraction of sp³-hybridized carbons (Fsp3) is 0.158. The molecule has 2 N–H and O–H groups in total. The number of anilines is 1. The summed E-state index contributed by atoms with van der Waals surface area (Å²) in [5.41, 5.74) is 1.81. The number of hydrogen-bond acceptors (Lipinski definition) is 7. The highest BCUT2D eigenvalue weighted by atomic mass is 32.1. The van der Waals surface area contributed by atoms with Gasteiger partial charge in [0.15, 0.2) is 16.6 Å². The molecule has 9 heteroatoms. The van der Waals surface area contributed by atoms with E-state index in [1.54, 1.807) is 29.8 Å². The van der Waals surface area contributed by atoms with Crippen molar-refractivity contribution in [1.29, 1.82) is 0 Å². The Morgan fingerprint density at radius 3 is 2.86 bits per heavy atom. The highest BCUT2D eigenvalue weighted by Crippen LogP contribution is 2.32. The second-order valence-corrected chi connectivity index (χ2v) is 6.80. The average Bonchev–Trinajstić information content (AvgIpc) is 3.35. The van der Waals surface area contributed by atoms with E-state index in [0.717, 1.165) is 5.69 Å². The number of nitrogens with zero attached hydrogens (tertiary/aromatic N) is 2. The molecule has 142 valence electrons. The zero-order valence-electron chi connectivity index (χ0n) is 14.7. The number of hydrogen-bond donors (Lipinski definition) is 2. The topological polar surface area (TPSA) is 102 Å². The third-order valence-electron chi connectivity index (χ3n) is 3.94. The predicted octanol–water partition coefficient (Wildman–Crippen LogP) is 2.38. The number of benzene rings is 1. The van der Waals surface area contributed by atoms with Crippen molar-refractivity contribution >= 4 is 28.3 Å². The van der Waals surface area contributed by atoms with Crippen molar-refractivity contribution in [3.63, 3.8) is 0 Å². The molecule has 3 aromatic rings. The minimum Gasteiger partial charge on any atom is -0.454 e.